The van der Waals surface area contributed by atoms with Gasteiger partial charge >= 0.3 is 5.97 Å². The number of ether oxygens (including phenoxy) is 2. The summed E-state index contributed by atoms with van der Waals surface area (Å²) in [6, 6.07) is 15.2. The molecule has 5 nitrogen and oxygen atoms in total. The SMILES string of the molecule is O=C(CCc1ccccc1)O/N=C\c1ccc2c(c1)OCO2. The van der Waals surface area contributed by atoms with Crippen LogP contribution in [0.2, 0.25) is 0 Å². The molecule has 0 unspecified atom stereocenters. The zero-order chi connectivity index (χ0) is 15.2. The number of benzene rings is 2. The van der Waals surface area contributed by atoms with Crippen LogP contribution in [0, 0.1) is 0 Å². The lowest BCUT2D eigenvalue weighted by Gasteiger charge is -1.99. The van der Waals surface area contributed by atoms with Crippen LogP contribution >= 0.6 is 0 Å². The van der Waals surface area contributed by atoms with Crippen molar-refractivity contribution in [3.05, 3.63) is 59.7 Å². The molecule has 22 heavy (non-hydrogen) atoms. The number of rotatable bonds is 5. The van der Waals surface area contributed by atoms with E-state index in [0.717, 1.165) is 11.1 Å². The highest BCUT2D eigenvalue weighted by atomic mass is 16.7. The standard InChI is InChI=1S/C17H15NO4/c19-17(9-7-13-4-2-1-3-5-13)22-18-11-14-6-8-15-16(10-14)21-12-20-15/h1-6,8,10-11H,7,9,12H2/b18-11-. The molecule has 0 aromatic heterocycles. The van der Waals surface area contributed by atoms with E-state index in [9.17, 15) is 4.79 Å². The van der Waals surface area contributed by atoms with Crippen LogP contribution in [-0.4, -0.2) is 19.0 Å². The maximum Gasteiger partial charge on any atom is 0.335 e. The van der Waals surface area contributed by atoms with Gasteiger partial charge in [0.05, 0.1) is 12.6 Å². The van der Waals surface area contributed by atoms with Gasteiger partial charge in [0.25, 0.3) is 0 Å². The largest absolute Gasteiger partial charge is 0.454 e. The highest BCUT2D eigenvalue weighted by Crippen LogP contribution is 2.31. The fraction of sp³-hybridized carbons (Fsp3) is 0.176. The fourth-order valence-corrected chi connectivity index (χ4v) is 2.08. The number of oxime groups is 1. The molecular weight excluding hydrogens is 282 g/mol. The molecule has 0 fully saturated rings. The molecule has 1 heterocycles. The third-order valence-corrected chi connectivity index (χ3v) is 3.21. The maximum absolute atomic E-state index is 11.6. The van der Waals surface area contributed by atoms with Gasteiger partial charge in [-0.1, -0.05) is 35.5 Å². The van der Waals surface area contributed by atoms with E-state index in [1.165, 1.54) is 6.21 Å². The first-order valence-electron chi connectivity index (χ1n) is 6.98. The summed E-state index contributed by atoms with van der Waals surface area (Å²) < 4.78 is 10.5. The topological polar surface area (TPSA) is 57.1 Å². The Kier molecular flexibility index (Phi) is 4.34. The monoisotopic (exact) mass is 297 g/mol. The highest BCUT2D eigenvalue weighted by molar-refractivity contribution is 5.81. The zero-order valence-corrected chi connectivity index (χ0v) is 11.9. The Hall–Kier alpha value is -2.82. The van der Waals surface area contributed by atoms with Gasteiger partial charge in [-0.3, -0.25) is 0 Å². The third-order valence-electron chi connectivity index (χ3n) is 3.21. The molecule has 0 N–H and O–H groups in total. The van der Waals surface area contributed by atoms with Gasteiger partial charge in [0.2, 0.25) is 6.79 Å². The van der Waals surface area contributed by atoms with Crippen molar-refractivity contribution < 1.29 is 19.1 Å². The summed E-state index contributed by atoms with van der Waals surface area (Å²) in [6.45, 7) is 0.227. The summed E-state index contributed by atoms with van der Waals surface area (Å²) in [4.78, 5) is 16.5. The van der Waals surface area contributed by atoms with Crippen molar-refractivity contribution >= 4 is 12.2 Å². The van der Waals surface area contributed by atoms with Crippen LogP contribution in [-0.2, 0) is 16.1 Å². The molecule has 0 radical (unpaired) electrons. The molecule has 3 rings (SSSR count). The quantitative estimate of drug-likeness (QED) is 0.484. The Balaban J connectivity index is 1.48. The maximum atomic E-state index is 11.6. The van der Waals surface area contributed by atoms with Gasteiger partial charge in [-0.15, -0.1) is 0 Å². The third kappa shape index (κ3) is 3.63. The predicted octanol–water partition coefficient (Wildman–Crippen LogP) is 2.93. The molecule has 1 aliphatic heterocycles. The Morgan fingerprint density at radius 3 is 2.82 bits per heavy atom. The smallest absolute Gasteiger partial charge is 0.335 e. The minimum Gasteiger partial charge on any atom is -0.454 e. The van der Waals surface area contributed by atoms with Gasteiger partial charge in [-0.2, -0.15) is 0 Å². The lowest BCUT2D eigenvalue weighted by molar-refractivity contribution is -0.143. The number of carbonyl (C=O) groups excluding carboxylic acids is 1. The number of carbonyl (C=O) groups is 1. The van der Waals surface area contributed by atoms with Crippen LogP contribution in [0.1, 0.15) is 17.5 Å². The van der Waals surface area contributed by atoms with Gasteiger partial charge < -0.3 is 14.3 Å². The lowest BCUT2D eigenvalue weighted by Crippen LogP contribution is -2.02. The predicted molar refractivity (Wildman–Crippen MR) is 81.0 cm³/mol. The van der Waals surface area contributed by atoms with Crippen LogP contribution in [0.4, 0.5) is 0 Å². The van der Waals surface area contributed by atoms with E-state index < -0.39 is 0 Å². The van der Waals surface area contributed by atoms with E-state index >= 15 is 0 Å². The molecule has 0 atom stereocenters. The van der Waals surface area contributed by atoms with Crippen molar-refractivity contribution in [1.82, 2.24) is 0 Å². The molecule has 2 aromatic rings. The van der Waals surface area contributed by atoms with Gasteiger partial charge in [0.15, 0.2) is 11.5 Å². The molecule has 2 aromatic carbocycles. The first kappa shape index (κ1) is 14.1. The van der Waals surface area contributed by atoms with Crippen LogP contribution in [0.3, 0.4) is 0 Å². The molecule has 112 valence electrons. The summed E-state index contributed by atoms with van der Waals surface area (Å²) in [6.07, 6.45) is 2.41. The van der Waals surface area contributed by atoms with E-state index in [0.29, 0.717) is 24.3 Å². The molecule has 0 saturated carbocycles. The fourth-order valence-electron chi connectivity index (χ4n) is 2.08. The zero-order valence-electron chi connectivity index (χ0n) is 11.9. The Morgan fingerprint density at radius 1 is 1.14 bits per heavy atom. The van der Waals surface area contributed by atoms with Crippen LogP contribution in [0.25, 0.3) is 0 Å². The summed E-state index contributed by atoms with van der Waals surface area (Å²) in [7, 11) is 0. The number of hydrogen-bond donors (Lipinski definition) is 0. The summed E-state index contributed by atoms with van der Waals surface area (Å²) in [5.41, 5.74) is 1.87. The second-order valence-corrected chi connectivity index (χ2v) is 4.80. The first-order chi connectivity index (χ1) is 10.8. The van der Waals surface area contributed by atoms with E-state index in [1.807, 2.05) is 36.4 Å². The summed E-state index contributed by atoms with van der Waals surface area (Å²) in [5.74, 6) is 1.01. The minimum atomic E-state index is -0.360. The molecule has 0 saturated heterocycles. The van der Waals surface area contributed by atoms with E-state index in [2.05, 4.69) is 5.16 Å². The number of nitrogens with zero attached hydrogens (tertiary/aromatic N) is 1. The van der Waals surface area contributed by atoms with Gasteiger partial charge in [-0.25, -0.2) is 4.79 Å². The molecular formula is C17H15NO4. The molecule has 0 aliphatic carbocycles. The average molecular weight is 297 g/mol. The number of fused-ring (bicyclic) bond motifs is 1. The Labute approximate surface area is 128 Å². The van der Waals surface area contributed by atoms with E-state index in [4.69, 9.17) is 14.3 Å². The number of aryl methyl sites for hydroxylation is 1. The van der Waals surface area contributed by atoms with Crippen LogP contribution < -0.4 is 9.47 Å². The number of hydrogen-bond acceptors (Lipinski definition) is 5. The summed E-state index contributed by atoms with van der Waals surface area (Å²) >= 11 is 0. The molecule has 5 heteroatoms. The lowest BCUT2D eigenvalue weighted by atomic mass is 10.1. The van der Waals surface area contributed by atoms with Crippen molar-refractivity contribution in [2.45, 2.75) is 12.8 Å². The molecule has 0 bridgehead atoms. The van der Waals surface area contributed by atoms with E-state index in [-0.39, 0.29) is 12.8 Å². The van der Waals surface area contributed by atoms with Crippen LogP contribution in [0.5, 0.6) is 11.5 Å². The second kappa shape index (κ2) is 6.76. The first-order valence-corrected chi connectivity index (χ1v) is 6.98. The van der Waals surface area contributed by atoms with Crippen LogP contribution in [0.15, 0.2) is 53.7 Å². The average Bonchev–Trinajstić information content (AvgIpc) is 3.02. The van der Waals surface area contributed by atoms with Crippen molar-refractivity contribution in [3.63, 3.8) is 0 Å². The molecule has 0 amide bonds. The Bertz CT molecular complexity index is 682. The van der Waals surface area contributed by atoms with Crippen molar-refractivity contribution in [2.75, 3.05) is 6.79 Å². The highest BCUT2D eigenvalue weighted by Gasteiger charge is 2.12. The van der Waals surface area contributed by atoms with Crippen molar-refractivity contribution in [2.24, 2.45) is 5.16 Å². The normalized spacial score (nSPS) is 12.5. The summed E-state index contributed by atoms with van der Waals surface area (Å²) in [5, 5.41) is 3.71. The van der Waals surface area contributed by atoms with Gasteiger partial charge in [0.1, 0.15) is 0 Å². The van der Waals surface area contributed by atoms with Crippen molar-refractivity contribution in [3.8, 4) is 11.5 Å². The van der Waals surface area contributed by atoms with Crippen molar-refractivity contribution in [1.29, 1.82) is 0 Å². The minimum absolute atomic E-state index is 0.227. The van der Waals surface area contributed by atoms with E-state index in [1.54, 1.807) is 12.1 Å². The second-order valence-electron chi connectivity index (χ2n) is 4.80. The molecule has 1 aliphatic rings. The van der Waals surface area contributed by atoms with Gasteiger partial charge in [0, 0.05) is 5.56 Å². The van der Waals surface area contributed by atoms with Gasteiger partial charge in [-0.05, 0) is 30.2 Å². The molecule has 0 spiro atoms. The Morgan fingerprint density at radius 2 is 1.95 bits per heavy atom.